The zero-order valence-electron chi connectivity index (χ0n) is 14.2. The minimum absolute atomic E-state index is 0.0734. The highest BCUT2D eigenvalue weighted by molar-refractivity contribution is 5.68. The van der Waals surface area contributed by atoms with Gasteiger partial charge in [-0.3, -0.25) is 4.90 Å². The van der Waals surface area contributed by atoms with Crippen molar-refractivity contribution in [2.75, 3.05) is 26.2 Å². The molecule has 0 bridgehead atoms. The second kappa shape index (κ2) is 7.70. The molecule has 8 heteroatoms. The summed E-state index contributed by atoms with van der Waals surface area (Å²) in [6.45, 7) is 8.00. The number of alkyl halides is 3. The van der Waals surface area contributed by atoms with Gasteiger partial charge in [0.2, 0.25) is 0 Å². The van der Waals surface area contributed by atoms with E-state index in [1.807, 2.05) is 0 Å². The highest BCUT2D eigenvalue weighted by Crippen LogP contribution is 2.24. The van der Waals surface area contributed by atoms with Crippen LogP contribution in [0.25, 0.3) is 0 Å². The van der Waals surface area contributed by atoms with Crippen LogP contribution in [0.15, 0.2) is 0 Å². The molecule has 0 aromatic carbocycles. The molecule has 1 saturated heterocycles. The van der Waals surface area contributed by atoms with E-state index in [9.17, 15) is 23.1 Å². The van der Waals surface area contributed by atoms with Gasteiger partial charge in [-0.2, -0.15) is 13.2 Å². The summed E-state index contributed by atoms with van der Waals surface area (Å²) in [5.41, 5.74) is -0.569. The first-order valence-corrected chi connectivity index (χ1v) is 7.90. The topological polar surface area (TPSA) is 53.0 Å². The van der Waals surface area contributed by atoms with Gasteiger partial charge in [-0.05, 0) is 40.2 Å². The van der Waals surface area contributed by atoms with E-state index in [1.165, 1.54) is 0 Å². The lowest BCUT2D eigenvalue weighted by Gasteiger charge is -2.39. The largest absolute Gasteiger partial charge is 0.444 e. The number of rotatable bonds is 4. The Morgan fingerprint density at radius 1 is 1.30 bits per heavy atom. The van der Waals surface area contributed by atoms with Crippen LogP contribution >= 0.6 is 0 Å². The highest BCUT2D eigenvalue weighted by atomic mass is 19.4. The predicted molar refractivity (Wildman–Crippen MR) is 80.1 cm³/mol. The molecule has 1 heterocycles. The fourth-order valence-corrected chi connectivity index (χ4v) is 2.60. The van der Waals surface area contributed by atoms with Crippen molar-refractivity contribution in [2.45, 2.75) is 64.5 Å². The van der Waals surface area contributed by atoms with Crippen molar-refractivity contribution in [1.82, 2.24) is 9.80 Å². The second-order valence-corrected chi connectivity index (χ2v) is 6.84. The molecule has 0 radical (unpaired) electrons. The van der Waals surface area contributed by atoms with Gasteiger partial charge in [0.25, 0.3) is 0 Å². The van der Waals surface area contributed by atoms with Crippen LogP contribution in [0.5, 0.6) is 0 Å². The van der Waals surface area contributed by atoms with Crippen molar-refractivity contribution in [2.24, 2.45) is 0 Å². The number of hydrogen-bond donors (Lipinski definition) is 1. The number of aliphatic hydroxyl groups excluding tert-OH is 1. The summed E-state index contributed by atoms with van der Waals surface area (Å²) in [5.74, 6) is 0. The molecule has 1 atom stereocenters. The van der Waals surface area contributed by atoms with Crippen LogP contribution in [-0.2, 0) is 4.74 Å². The molecule has 1 amide bonds. The summed E-state index contributed by atoms with van der Waals surface area (Å²) in [5, 5.41) is 9.23. The van der Waals surface area contributed by atoms with Crippen molar-refractivity contribution in [1.29, 1.82) is 0 Å². The molecular formula is C15H27F3N2O3. The minimum Gasteiger partial charge on any atom is -0.444 e. The molecule has 1 aliphatic heterocycles. The van der Waals surface area contributed by atoms with Crippen molar-refractivity contribution in [3.63, 3.8) is 0 Å². The van der Waals surface area contributed by atoms with Crippen molar-refractivity contribution in [3.05, 3.63) is 0 Å². The Morgan fingerprint density at radius 3 is 2.22 bits per heavy atom. The average molecular weight is 340 g/mol. The highest BCUT2D eigenvalue weighted by Gasteiger charge is 2.40. The first-order valence-electron chi connectivity index (χ1n) is 7.90. The van der Waals surface area contributed by atoms with Crippen LogP contribution in [0.2, 0.25) is 0 Å². The number of likely N-dealkylation sites (N-methyl/N-ethyl adjacent to an activating group) is 1. The number of halogens is 3. The smallest absolute Gasteiger partial charge is 0.415 e. The lowest BCUT2D eigenvalue weighted by molar-refractivity contribution is -0.209. The minimum atomic E-state index is -4.61. The lowest BCUT2D eigenvalue weighted by atomic mass is 10.0. The van der Waals surface area contributed by atoms with Crippen LogP contribution in [-0.4, -0.2) is 71.1 Å². The van der Waals surface area contributed by atoms with Crippen LogP contribution in [0.4, 0.5) is 18.0 Å². The number of amides is 1. The third kappa shape index (κ3) is 6.55. The van der Waals surface area contributed by atoms with E-state index in [0.29, 0.717) is 32.5 Å². The van der Waals surface area contributed by atoms with Crippen LogP contribution in [0.3, 0.4) is 0 Å². The first-order chi connectivity index (χ1) is 10.4. The summed E-state index contributed by atoms with van der Waals surface area (Å²) in [7, 11) is 0. The summed E-state index contributed by atoms with van der Waals surface area (Å²) < 4.78 is 42.8. The molecule has 1 N–H and O–H groups in total. The van der Waals surface area contributed by atoms with E-state index in [1.54, 1.807) is 37.5 Å². The number of aliphatic hydroxyl groups is 1. The number of ether oxygens (including phenoxy) is 1. The number of nitrogens with zero attached hydrogens (tertiary/aromatic N) is 2. The fraction of sp³-hybridized carbons (Fsp3) is 0.933. The number of hydrogen-bond acceptors (Lipinski definition) is 4. The summed E-state index contributed by atoms with van der Waals surface area (Å²) >= 11 is 0. The van der Waals surface area contributed by atoms with Gasteiger partial charge < -0.3 is 14.7 Å². The van der Waals surface area contributed by atoms with E-state index >= 15 is 0 Å². The number of piperidine rings is 1. The van der Waals surface area contributed by atoms with Gasteiger partial charge in [0.05, 0.1) is 0 Å². The van der Waals surface area contributed by atoms with E-state index in [-0.39, 0.29) is 6.04 Å². The summed E-state index contributed by atoms with van der Waals surface area (Å²) in [6.07, 6.45) is -6.21. The van der Waals surface area contributed by atoms with Crippen molar-refractivity contribution >= 4 is 6.09 Å². The van der Waals surface area contributed by atoms with E-state index in [2.05, 4.69) is 0 Å². The molecule has 0 aromatic heterocycles. The molecule has 5 nitrogen and oxygen atoms in total. The number of carbonyl (C=O) groups excluding carboxylic acids is 1. The monoisotopic (exact) mass is 340 g/mol. The van der Waals surface area contributed by atoms with Gasteiger partial charge in [0, 0.05) is 25.7 Å². The molecule has 0 saturated carbocycles. The summed E-state index contributed by atoms with van der Waals surface area (Å²) in [6, 6.07) is -0.0734. The Kier molecular flexibility index (Phi) is 6.70. The Hall–Kier alpha value is -1.02. The molecule has 136 valence electrons. The van der Waals surface area contributed by atoms with Crippen LogP contribution in [0, 0.1) is 0 Å². The zero-order chi connectivity index (χ0) is 17.8. The van der Waals surface area contributed by atoms with Crippen LogP contribution < -0.4 is 0 Å². The van der Waals surface area contributed by atoms with Gasteiger partial charge in [0.1, 0.15) is 5.60 Å². The Balaban J connectivity index is 2.52. The third-order valence-corrected chi connectivity index (χ3v) is 3.82. The Bertz CT molecular complexity index is 388. The van der Waals surface area contributed by atoms with Gasteiger partial charge >= 0.3 is 12.3 Å². The molecular weight excluding hydrogens is 313 g/mol. The summed E-state index contributed by atoms with van der Waals surface area (Å²) in [4.78, 5) is 15.2. The van der Waals surface area contributed by atoms with Gasteiger partial charge in [0.15, 0.2) is 6.10 Å². The molecule has 1 rings (SSSR count). The molecule has 0 aliphatic carbocycles. The van der Waals surface area contributed by atoms with Crippen molar-refractivity contribution in [3.8, 4) is 0 Å². The molecule has 1 fully saturated rings. The second-order valence-electron chi connectivity index (χ2n) is 6.84. The van der Waals surface area contributed by atoms with Gasteiger partial charge in [-0.25, -0.2) is 4.79 Å². The normalized spacial score (nSPS) is 19.1. The van der Waals surface area contributed by atoms with Crippen molar-refractivity contribution < 1.29 is 27.8 Å². The SMILES string of the molecule is CCN(CC(O)C(F)(F)F)C1CCN(C(=O)OC(C)(C)C)CC1. The molecule has 1 aliphatic rings. The molecule has 0 aromatic rings. The standard InChI is InChI=1S/C15H27F3N2O3/c1-5-19(10-12(21)15(16,17)18)11-6-8-20(9-7-11)13(22)23-14(2,3)4/h11-12,21H,5-10H2,1-4H3. The zero-order valence-corrected chi connectivity index (χ0v) is 14.2. The average Bonchev–Trinajstić information content (AvgIpc) is 2.41. The maximum absolute atomic E-state index is 12.5. The quantitative estimate of drug-likeness (QED) is 0.855. The van der Waals surface area contributed by atoms with Crippen LogP contribution in [0.1, 0.15) is 40.5 Å². The van der Waals surface area contributed by atoms with Gasteiger partial charge in [-0.1, -0.05) is 6.92 Å². The maximum Gasteiger partial charge on any atom is 0.415 e. The Morgan fingerprint density at radius 2 is 1.83 bits per heavy atom. The maximum atomic E-state index is 12.5. The predicted octanol–water partition coefficient (Wildman–Crippen LogP) is 2.63. The number of carbonyl (C=O) groups is 1. The molecule has 1 unspecified atom stereocenters. The fourth-order valence-electron chi connectivity index (χ4n) is 2.60. The number of likely N-dealkylation sites (tertiary alicyclic amines) is 1. The van der Waals surface area contributed by atoms with E-state index < -0.39 is 30.5 Å². The van der Waals surface area contributed by atoms with E-state index in [4.69, 9.17) is 4.74 Å². The Labute approximate surface area is 135 Å². The van der Waals surface area contributed by atoms with E-state index in [0.717, 1.165) is 0 Å². The lowest BCUT2D eigenvalue weighted by Crippen LogP contribution is -2.51. The molecule has 0 spiro atoms. The molecule has 23 heavy (non-hydrogen) atoms. The first kappa shape index (κ1) is 20.0. The third-order valence-electron chi connectivity index (χ3n) is 3.82. The van der Waals surface area contributed by atoms with Gasteiger partial charge in [-0.15, -0.1) is 0 Å².